The van der Waals surface area contributed by atoms with E-state index in [9.17, 15) is 27.3 Å². The Balaban J connectivity index is 1.59. The Morgan fingerprint density at radius 2 is 1.82 bits per heavy atom. The highest BCUT2D eigenvalue weighted by Crippen LogP contribution is 2.39. The molecular weight excluding hydrogens is 390 g/mol. The Bertz CT molecular complexity index is 886. The zero-order chi connectivity index (χ0) is 20.5. The third kappa shape index (κ3) is 4.16. The molecular formula is C18H22F2N4O3S. The topological polar surface area (TPSA) is 93.5 Å². The van der Waals surface area contributed by atoms with Crippen molar-refractivity contribution < 1.29 is 22.0 Å². The van der Waals surface area contributed by atoms with Crippen LogP contribution in [0.4, 0.5) is 8.78 Å². The molecule has 0 spiro atoms. The molecule has 0 radical (unpaired) electrons. The smallest absolute Gasteiger partial charge is 0.249 e. The lowest BCUT2D eigenvalue weighted by Crippen LogP contribution is -2.54. The van der Waals surface area contributed by atoms with Crippen molar-refractivity contribution in [1.82, 2.24) is 14.5 Å². The highest BCUT2D eigenvalue weighted by atomic mass is 32.2. The molecule has 152 valence electrons. The first kappa shape index (κ1) is 20.6. The van der Waals surface area contributed by atoms with E-state index < -0.39 is 32.1 Å². The minimum absolute atomic E-state index is 0.0154. The summed E-state index contributed by atoms with van der Waals surface area (Å²) in [7, 11) is -4.30. The first-order valence-electron chi connectivity index (χ1n) is 9.06. The van der Waals surface area contributed by atoms with Gasteiger partial charge in [-0.3, -0.25) is 9.69 Å². The first-order valence-corrected chi connectivity index (χ1v) is 10.5. The summed E-state index contributed by atoms with van der Waals surface area (Å²) in [6, 6.07) is 5.07. The largest absolute Gasteiger partial charge is 0.337 e. The Hall–Kier alpha value is -2.09. The van der Waals surface area contributed by atoms with Crippen LogP contribution in [0.2, 0.25) is 0 Å². The maximum absolute atomic E-state index is 13.9. The SMILES string of the molecule is C[C@](C#N)(NC(=O)CN1CCN(S(=O)(=O)c2c(F)cccc2F)CC1)C1CC1. The molecule has 1 aliphatic carbocycles. The van der Waals surface area contributed by atoms with Gasteiger partial charge < -0.3 is 5.32 Å². The molecule has 1 aliphatic heterocycles. The average molecular weight is 412 g/mol. The van der Waals surface area contributed by atoms with Gasteiger partial charge in [-0.1, -0.05) is 6.07 Å². The van der Waals surface area contributed by atoms with E-state index in [1.807, 2.05) is 0 Å². The lowest BCUT2D eigenvalue weighted by molar-refractivity contribution is -0.123. The minimum Gasteiger partial charge on any atom is -0.337 e. The van der Waals surface area contributed by atoms with Gasteiger partial charge in [0, 0.05) is 26.2 Å². The number of nitrogens with one attached hydrogen (secondary N) is 1. The molecule has 0 bridgehead atoms. The first-order chi connectivity index (χ1) is 13.2. The van der Waals surface area contributed by atoms with E-state index in [2.05, 4.69) is 11.4 Å². The average Bonchev–Trinajstić information content (AvgIpc) is 3.47. The molecule has 3 rings (SSSR count). The van der Waals surface area contributed by atoms with Crippen molar-refractivity contribution in [2.45, 2.75) is 30.2 Å². The maximum Gasteiger partial charge on any atom is 0.249 e. The van der Waals surface area contributed by atoms with Crippen molar-refractivity contribution in [1.29, 1.82) is 5.26 Å². The Morgan fingerprint density at radius 1 is 1.25 bits per heavy atom. The van der Waals surface area contributed by atoms with Crippen LogP contribution in [0.25, 0.3) is 0 Å². The van der Waals surface area contributed by atoms with Crippen molar-refractivity contribution in [2.75, 3.05) is 32.7 Å². The number of sulfonamides is 1. The van der Waals surface area contributed by atoms with E-state index in [0.29, 0.717) is 0 Å². The fraction of sp³-hybridized carbons (Fsp3) is 0.556. The number of nitrogens with zero attached hydrogens (tertiary/aromatic N) is 3. The van der Waals surface area contributed by atoms with E-state index in [1.165, 1.54) is 0 Å². The van der Waals surface area contributed by atoms with Gasteiger partial charge in [0.1, 0.15) is 17.2 Å². The van der Waals surface area contributed by atoms with Gasteiger partial charge >= 0.3 is 0 Å². The van der Waals surface area contributed by atoms with Crippen LogP contribution in [0.5, 0.6) is 0 Å². The maximum atomic E-state index is 13.9. The van der Waals surface area contributed by atoms with Crippen molar-refractivity contribution >= 4 is 15.9 Å². The van der Waals surface area contributed by atoms with E-state index in [1.54, 1.807) is 11.8 Å². The Labute approximate surface area is 163 Å². The Morgan fingerprint density at radius 3 is 2.32 bits per heavy atom. The van der Waals surface area contributed by atoms with E-state index in [0.717, 1.165) is 35.3 Å². The molecule has 1 N–H and O–H groups in total. The molecule has 1 aromatic rings. The summed E-state index contributed by atoms with van der Waals surface area (Å²) < 4.78 is 53.9. The summed E-state index contributed by atoms with van der Waals surface area (Å²) in [5, 5.41) is 12.1. The van der Waals surface area contributed by atoms with Crippen LogP contribution in [0.15, 0.2) is 23.1 Å². The van der Waals surface area contributed by atoms with Gasteiger partial charge in [-0.15, -0.1) is 0 Å². The van der Waals surface area contributed by atoms with Gasteiger partial charge in [-0.2, -0.15) is 9.57 Å². The molecule has 28 heavy (non-hydrogen) atoms. The van der Waals surface area contributed by atoms with Crippen molar-refractivity contribution in [2.24, 2.45) is 5.92 Å². The molecule has 2 aliphatic rings. The fourth-order valence-electron chi connectivity index (χ4n) is 3.40. The summed E-state index contributed by atoms with van der Waals surface area (Å²) in [5.74, 6) is -2.39. The quantitative estimate of drug-likeness (QED) is 0.755. The molecule has 0 aromatic heterocycles. The number of hydrogen-bond acceptors (Lipinski definition) is 5. The minimum atomic E-state index is -4.30. The predicted octanol–water partition coefficient (Wildman–Crippen LogP) is 1.08. The Kier molecular flexibility index (Phi) is 5.70. The molecule has 2 fully saturated rings. The molecule has 1 aromatic carbocycles. The second-order valence-electron chi connectivity index (χ2n) is 7.37. The molecule has 1 saturated carbocycles. The number of carbonyl (C=O) groups is 1. The van der Waals surface area contributed by atoms with Gasteiger partial charge in [0.2, 0.25) is 15.9 Å². The standard InChI is InChI=1S/C18H22F2N4O3S/c1-18(12-21,13-5-6-13)22-16(25)11-23-7-9-24(10-8-23)28(26,27)17-14(19)3-2-4-15(17)20/h2-4,13H,5-11H2,1H3,(H,22,25)/t18-/m1/s1. The van der Waals surface area contributed by atoms with Gasteiger partial charge in [0.05, 0.1) is 12.6 Å². The summed E-state index contributed by atoms with van der Waals surface area (Å²) >= 11 is 0. The number of halogens is 2. The molecule has 1 heterocycles. The van der Waals surface area contributed by atoms with Gasteiger partial charge in [-0.05, 0) is 37.8 Å². The number of hydrogen-bond donors (Lipinski definition) is 1. The lowest BCUT2D eigenvalue weighted by Gasteiger charge is -2.34. The number of carbonyl (C=O) groups excluding carboxylic acids is 1. The molecule has 1 amide bonds. The second-order valence-corrected chi connectivity index (χ2v) is 9.24. The lowest BCUT2D eigenvalue weighted by atomic mass is 9.98. The van der Waals surface area contributed by atoms with Crippen molar-refractivity contribution in [3.8, 4) is 6.07 Å². The number of piperazine rings is 1. The summed E-state index contributed by atoms with van der Waals surface area (Å²) in [5.41, 5.74) is -0.884. The van der Waals surface area contributed by atoms with Crippen LogP contribution in [-0.4, -0.2) is 61.8 Å². The summed E-state index contributed by atoms with van der Waals surface area (Å²) in [6.45, 7) is 2.26. The predicted molar refractivity (Wildman–Crippen MR) is 96.4 cm³/mol. The van der Waals surface area contributed by atoms with Crippen LogP contribution >= 0.6 is 0 Å². The second kappa shape index (κ2) is 7.73. The van der Waals surface area contributed by atoms with Crippen LogP contribution < -0.4 is 5.32 Å². The zero-order valence-corrected chi connectivity index (χ0v) is 16.3. The normalized spacial score (nSPS) is 20.9. The number of nitriles is 1. The molecule has 1 saturated heterocycles. The fourth-order valence-corrected chi connectivity index (χ4v) is 4.93. The molecule has 10 heteroatoms. The summed E-state index contributed by atoms with van der Waals surface area (Å²) in [4.78, 5) is 13.1. The summed E-state index contributed by atoms with van der Waals surface area (Å²) in [6.07, 6.45) is 1.82. The van der Waals surface area contributed by atoms with Crippen molar-refractivity contribution in [3.63, 3.8) is 0 Å². The van der Waals surface area contributed by atoms with Gasteiger partial charge in [0.15, 0.2) is 4.90 Å². The number of rotatable bonds is 6. The highest BCUT2D eigenvalue weighted by molar-refractivity contribution is 7.89. The van der Waals surface area contributed by atoms with E-state index >= 15 is 0 Å². The number of benzene rings is 1. The van der Waals surface area contributed by atoms with Crippen LogP contribution in [0.1, 0.15) is 19.8 Å². The van der Waals surface area contributed by atoms with Crippen molar-refractivity contribution in [3.05, 3.63) is 29.8 Å². The van der Waals surface area contributed by atoms with Gasteiger partial charge in [-0.25, -0.2) is 17.2 Å². The van der Waals surface area contributed by atoms with Crippen LogP contribution in [-0.2, 0) is 14.8 Å². The van der Waals surface area contributed by atoms with E-state index in [-0.39, 0.29) is 44.5 Å². The van der Waals surface area contributed by atoms with Crippen LogP contribution in [0, 0.1) is 28.9 Å². The molecule has 0 unspecified atom stereocenters. The number of amides is 1. The third-order valence-electron chi connectivity index (χ3n) is 5.24. The zero-order valence-electron chi connectivity index (χ0n) is 15.5. The monoisotopic (exact) mass is 412 g/mol. The third-order valence-corrected chi connectivity index (χ3v) is 7.19. The molecule has 1 atom stereocenters. The molecule has 7 nitrogen and oxygen atoms in total. The van der Waals surface area contributed by atoms with Gasteiger partial charge in [0.25, 0.3) is 0 Å². The van der Waals surface area contributed by atoms with Crippen LogP contribution in [0.3, 0.4) is 0 Å². The van der Waals surface area contributed by atoms with E-state index in [4.69, 9.17) is 0 Å². The highest BCUT2D eigenvalue weighted by Gasteiger charge is 2.43.